The molecule has 0 saturated heterocycles. The van der Waals surface area contributed by atoms with Crippen molar-refractivity contribution in [2.45, 2.75) is 11.6 Å². The molecule has 0 bridgehead atoms. The van der Waals surface area contributed by atoms with Crippen molar-refractivity contribution in [2.75, 3.05) is 23.1 Å². The summed E-state index contributed by atoms with van der Waals surface area (Å²) in [6, 6.07) is 0. The lowest BCUT2D eigenvalue weighted by Gasteiger charge is -2.16. The zero-order valence-electron chi connectivity index (χ0n) is 15.7. The van der Waals surface area contributed by atoms with Crippen LogP contribution in [0.25, 0.3) is 0 Å². The van der Waals surface area contributed by atoms with Crippen LogP contribution in [-0.4, -0.2) is 74.6 Å². The van der Waals surface area contributed by atoms with E-state index in [1.165, 1.54) is 0 Å². The fraction of sp³-hybridized carbons (Fsp3) is 0.667. The standard InChI is InChI=1S/C6H4N12O17/c19-11(20)5(12(21)22,13(23)24)1-9(17(31)32)3-4(8-35-7-3)10(18(33)34)2-6(14(25)26,15(27)28)16(29)30/h1-2H2. The molecule has 0 atom stereocenters. The van der Waals surface area contributed by atoms with Crippen LogP contribution in [0.2, 0.25) is 0 Å². The van der Waals surface area contributed by atoms with E-state index in [2.05, 4.69) is 14.9 Å². The van der Waals surface area contributed by atoms with Crippen LogP contribution < -0.4 is 10.0 Å². The van der Waals surface area contributed by atoms with E-state index < -0.39 is 85.9 Å². The lowest BCUT2D eigenvalue weighted by atomic mass is 10.3. The van der Waals surface area contributed by atoms with Gasteiger partial charge in [0.1, 0.15) is 0 Å². The molecule has 0 unspecified atom stereocenters. The summed E-state index contributed by atoms with van der Waals surface area (Å²) in [5, 5.41) is 88.5. The van der Waals surface area contributed by atoms with E-state index in [1.54, 1.807) is 0 Å². The van der Waals surface area contributed by atoms with Crippen molar-refractivity contribution in [1.29, 1.82) is 0 Å². The van der Waals surface area contributed by atoms with E-state index in [1.807, 2.05) is 0 Å². The second-order valence-corrected chi connectivity index (χ2v) is 5.59. The van der Waals surface area contributed by atoms with Gasteiger partial charge in [0, 0.05) is 0 Å². The minimum absolute atomic E-state index is 0.955. The molecular formula is C6H4N12O17. The van der Waals surface area contributed by atoms with Gasteiger partial charge in [-0.1, -0.05) is 0 Å². The van der Waals surface area contributed by atoms with Gasteiger partial charge in [-0.3, -0.25) is 60.7 Å². The molecule has 0 aliphatic heterocycles. The third-order valence-electron chi connectivity index (χ3n) is 3.82. The number of nitrogens with zero attached hydrogens (tertiary/aromatic N) is 12. The summed E-state index contributed by atoms with van der Waals surface area (Å²) in [6.07, 6.45) is 0. The van der Waals surface area contributed by atoms with Crippen molar-refractivity contribution in [1.82, 2.24) is 10.3 Å². The van der Waals surface area contributed by atoms with Crippen LogP contribution in [-0.2, 0) is 0 Å². The Morgan fingerprint density at radius 2 is 0.771 bits per heavy atom. The van der Waals surface area contributed by atoms with Gasteiger partial charge in [-0.2, -0.15) is 0 Å². The molecular weight excluding hydrogens is 512 g/mol. The smallest absolute Gasteiger partial charge is 0.253 e. The molecule has 0 saturated carbocycles. The van der Waals surface area contributed by atoms with E-state index in [0.29, 0.717) is 0 Å². The summed E-state index contributed by atoms with van der Waals surface area (Å²) in [7, 11) is 0. The Bertz CT molecular complexity index is 968. The third kappa shape index (κ3) is 4.32. The average Bonchev–Trinajstić information content (AvgIpc) is 3.16. The number of hydrogen-bond acceptors (Lipinski definition) is 19. The molecule has 35 heavy (non-hydrogen) atoms. The van der Waals surface area contributed by atoms with Gasteiger partial charge in [0.15, 0.2) is 39.6 Å². The van der Waals surface area contributed by atoms with Crippen molar-refractivity contribution in [3.05, 3.63) is 80.9 Å². The molecule has 0 aromatic carbocycles. The Hall–Kier alpha value is -6.06. The Balaban J connectivity index is 3.79. The summed E-state index contributed by atoms with van der Waals surface area (Å²) in [4.78, 5) is 75.8. The predicted molar refractivity (Wildman–Crippen MR) is 90.4 cm³/mol. The highest BCUT2D eigenvalue weighted by Crippen LogP contribution is 2.30. The van der Waals surface area contributed by atoms with Gasteiger partial charge in [-0.25, -0.2) is 24.9 Å². The molecule has 190 valence electrons. The minimum atomic E-state index is -4.62. The molecule has 1 rings (SSSR count). The van der Waals surface area contributed by atoms with E-state index in [-0.39, 0.29) is 0 Å². The van der Waals surface area contributed by atoms with Crippen molar-refractivity contribution >= 4 is 11.6 Å². The van der Waals surface area contributed by atoms with Gasteiger partial charge in [-0.15, -0.1) is 0 Å². The summed E-state index contributed by atoms with van der Waals surface area (Å²) in [5.41, 5.74) is 0. The SMILES string of the molecule is O=[N+]([O-])N(CC([N+](=O)[O-])([N+](=O)[O-])[N+](=O)[O-])c1nonc1N(CC([N+](=O)[O-])([N+](=O)[O-])[N+](=O)[O-])[N+](=O)[O-]. The summed E-state index contributed by atoms with van der Waals surface area (Å²) < 4.78 is 3.89. The highest BCUT2D eigenvalue weighted by atomic mass is 16.8. The molecule has 0 fully saturated rings. The quantitative estimate of drug-likeness (QED) is 0.135. The van der Waals surface area contributed by atoms with Gasteiger partial charge < -0.3 is 0 Å². The van der Waals surface area contributed by atoms with Crippen LogP contribution in [0.1, 0.15) is 0 Å². The Morgan fingerprint density at radius 1 is 0.543 bits per heavy atom. The molecule has 0 aliphatic carbocycles. The van der Waals surface area contributed by atoms with E-state index in [0.717, 1.165) is 0 Å². The number of hydrazine groups is 2. The first-order valence-electron chi connectivity index (χ1n) is 7.51. The van der Waals surface area contributed by atoms with Crippen LogP contribution in [0.5, 0.6) is 0 Å². The zero-order chi connectivity index (χ0) is 27.5. The Kier molecular flexibility index (Phi) is 7.09. The highest BCUT2D eigenvalue weighted by Gasteiger charge is 2.75. The molecule has 0 N–H and O–H groups in total. The normalized spacial score (nSPS) is 11.2. The van der Waals surface area contributed by atoms with Crippen molar-refractivity contribution in [3.63, 3.8) is 0 Å². The molecule has 1 heterocycles. The number of hydrogen-bond donors (Lipinski definition) is 0. The van der Waals surface area contributed by atoms with E-state index in [4.69, 9.17) is 0 Å². The highest BCUT2D eigenvalue weighted by molar-refractivity contribution is 5.58. The largest absolute Gasteiger partial charge is 0.723 e. The fourth-order valence-electron chi connectivity index (χ4n) is 2.07. The van der Waals surface area contributed by atoms with Gasteiger partial charge in [-0.05, 0) is 20.3 Å². The monoisotopic (exact) mass is 516 g/mol. The first kappa shape index (κ1) is 27.0. The second kappa shape index (κ2) is 9.20. The second-order valence-electron chi connectivity index (χ2n) is 5.59. The maximum atomic E-state index is 11.3. The molecule has 29 heteroatoms. The molecule has 0 radical (unpaired) electrons. The Labute approximate surface area is 183 Å². The topological polar surface area (TPSA) is 391 Å². The molecule has 29 nitrogen and oxygen atoms in total. The van der Waals surface area contributed by atoms with Crippen LogP contribution >= 0.6 is 0 Å². The predicted octanol–water partition coefficient (Wildman–Crippen LogP) is -2.97. The minimum Gasteiger partial charge on any atom is -0.253 e. The van der Waals surface area contributed by atoms with Crippen molar-refractivity contribution < 1.29 is 44.2 Å². The molecule has 0 spiro atoms. The van der Waals surface area contributed by atoms with Gasteiger partial charge >= 0.3 is 24.7 Å². The number of aromatic nitrogens is 2. The molecule has 0 amide bonds. The van der Waals surface area contributed by atoms with Crippen LogP contribution in [0.4, 0.5) is 11.6 Å². The van der Waals surface area contributed by atoms with Crippen molar-refractivity contribution in [2.24, 2.45) is 0 Å². The lowest BCUT2D eigenvalue weighted by molar-refractivity contribution is -0.968. The third-order valence-corrected chi connectivity index (χ3v) is 3.82. The van der Waals surface area contributed by atoms with Crippen LogP contribution in [0, 0.1) is 80.9 Å². The number of rotatable bonds is 14. The van der Waals surface area contributed by atoms with Gasteiger partial charge in [0.2, 0.25) is 0 Å². The maximum absolute atomic E-state index is 11.3. The van der Waals surface area contributed by atoms with E-state index >= 15 is 0 Å². The maximum Gasteiger partial charge on any atom is 0.723 e. The van der Waals surface area contributed by atoms with Crippen LogP contribution in [0.15, 0.2) is 4.63 Å². The van der Waals surface area contributed by atoms with Crippen molar-refractivity contribution in [3.8, 4) is 0 Å². The Morgan fingerprint density at radius 3 is 0.943 bits per heavy atom. The molecule has 0 aliphatic rings. The summed E-state index contributed by atoms with van der Waals surface area (Å²) >= 11 is 0. The number of nitro groups is 8. The van der Waals surface area contributed by atoms with E-state index in [9.17, 15) is 80.9 Å². The average molecular weight is 516 g/mol. The van der Waals surface area contributed by atoms with Gasteiger partial charge in [0.05, 0.1) is 0 Å². The van der Waals surface area contributed by atoms with Gasteiger partial charge in [0.25, 0.3) is 11.6 Å². The van der Waals surface area contributed by atoms with Crippen LogP contribution in [0.3, 0.4) is 0 Å². The zero-order valence-corrected chi connectivity index (χ0v) is 15.7. The number of anilines is 2. The molecule has 1 aromatic heterocycles. The summed E-state index contributed by atoms with van der Waals surface area (Å²) in [6.45, 7) is -4.96. The lowest BCUT2D eigenvalue weighted by Crippen LogP contribution is -2.62. The first-order valence-corrected chi connectivity index (χ1v) is 7.51. The molecule has 1 aromatic rings. The first-order chi connectivity index (χ1) is 16.0. The summed E-state index contributed by atoms with van der Waals surface area (Å²) in [5.74, 6) is -12.9. The fourth-order valence-corrected chi connectivity index (χ4v) is 2.07.